The van der Waals surface area contributed by atoms with Crippen molar-refractivity contribution in [2.45, 2.75) is 83.3 Å². The van der Waals surface area contributed by atoms with E-state index < -0.39 is 0 Å². The molecular formula is C33H46N4O2. The highest BCUT2D eigenvalue weighted by molar-refractivity contribution is 5.84. The van der Waals surface area contributed by atoms with E-state index in [9.17, 15) is 0 Å². The van der Waals surface area contributed by atoms with E-state index in [-0.39, 0.29) is 0 Å². The Bertz CT molecular complexity index is 1310. The molecule has 3 aliphatic rings. The van der Waals surface area contributed by atoms with Crippen LogP contribution in [-0.4, -0.2) is 71.3 Å². The van der Waals surface area contributed by atoms with Crippen LogP contribution >= 0.6 is 0 Å². The average molecular weight is 531 g/mol. The number of ether oxygens (including phenoxy) is 2. The molecule has 3 saturated heterocycles. The van der Waals surface area contributed by atoms with Gasteiger partial charge in [-0.1, -0.05) is 19.9 Å². The normalized spacial score (nSPS) is 24.6. The lowest BCUT2D eigenvalue weighted by Crippen LogP contribution is -2.52. The third-order valence-electron chi connectivity index (χ3n) is 9.79. The molecule has 3 aromatic rings. The van der Waals surface area contributed by atoms with Gasteiger partial charge in [0.25, 0.3) is 0 Å². The van der Waals surface area contributed by atoms with E-state index in [4.69, 9.17) is 14.5 Å². The summed E-state index contributed by atoms with van der Waals surface area (Å²) >= 11 is 0. The summed E-state index contributed by atoms with van der Waals surface area (Å²) in [5, 5.41) is 0. The van der Waals surface area contributed by atoms with Crippen LogP contribution in [0.3, 0.4) is 0 Å². The topological polar surface area (TPSA) is 42.8 Å². The summed E-state index contributed by atoms with van der Waals surface area (Å²) in [6, 6.07) is 13.3. The SMILES string of the molecule is COc1ccc(-c2nc3c(C)cc(C4CCN(C5CC6CCC(C5)N6CC(C)C)CC4)cc3n2C)cc1OC. The number of likely N-dealkylation sites (tertiary alicyclic amines) is 1. The summed E-state index contributed by atoms with van der Waals surface area (Å²) in [7, 11) is 5.48. The first-order valence-electron chi connectivity index (χ1n) is 15.1. The van der Waals surface area contributed by atoms with Crippen molar-refractivity contribution in [3.8, 4) is 22.9 Å². The van der Waals surface area contributed by atoms with Gasteiger partial charge in [-0.05, 0) is 106 Å². The smallest absolute Gasteiger partial charge is 0.161 e. The van der Waals surface area contributed by atoms with Crippen LogP contribution in [0.5, 0.6) is 11.5 Å². The number of hydrogen-bond acceptors (Lipinski definition) is 5. The highest BCUT2D eigenvalue weighted by Gasteiger charge is 2.42. The highest BCUT2D eigenvalue weighted by Crippen LogP contribution is 2.41. The van der Waals surface area contributed by atoms with Crippen LogP contribution in [-0.2, 0) is 7.05 Å². The summed E-state index contributed by atoms with van der Waals surface area (Å²) in [6.07, 6.45) is 8.11. The van der Waals surface area contributed by atoms with Crippen molar-refractivity contribution in [2.24, 2.45) is 13.0 Å². The molecule has 0 saturated carbocycles. The average Bonchev–Trinajstić information content (AvgIpc) is 3.38. The second-order valence-electron chi connectivity index (χ2n) is 12.7. The van der Waals surface area contributed by atoms with Crippen molar-refractivity contribution in [1.29, 1.82) is 0 Å². The van der Waals surface area contributed by atoms with Gasteiger partial charge in [-0.2, -0.15) is 0 Å². The third kappa shape index (κ3) is 4.95. The molecule has 2 aromatic carbocycles. The van der Waals surface area contributed by atoms with Crippen LogP contribution in [0.4, 0.5) is 0 Å². The maximum absolute atomic E-state index is 5.55. The molecule has 2 atom stereocenters. The first kappa shape index (κ1) is 26.6. The monoisotopic (exact) mass is 530 g/mol. The largest absolute Gasteiger partial charge is 0.493 e. The third-order valence-corrected chi connectivity index (χ3v) is 9.79. The highest BCUT2D eigenvalue weighted by atomic mass is 16.5. The van der Waals surface area contributed by atoms with E-state index >= 15 is 0 Å². The van der Waals surface area contributed by atoms with Gasteiger partial charge in [-0.25, -0.2) is 4.98 Å². The number of benzene rings is 2. The Balaban J connectivity index is 1.17. The number of aryl methyl sites for hydroxylation is 2. The molecule has 6 nitrogen and oxygen atoms in total. The molecule has 2 bridgehead atoms. The van der Waals surface area contributed by atoms with E-state index in [0.29, 0.717) is 5.92 Å². The first-order chi connectivity index (χ1) is 18.9. The molecule has 0 radical (unpaired) electrons. The Morgan fingerprint density at radius 1 is 0.897 bits per heavy atom. The second-order valence-corrected chi connectivity index (χ2v) is 12.7. The van der Waals surface area contributed by atoms with Crippen LogP contribution in [0.25, 0.3) is 22.4 Å². The molecule has 0 aliphatic carbocycles. The Morgan fingerprint density at radius 2 is 1.59 bits per heavy atom. The number of methoxy groups -OCH3 is 2. The number of piperidine rings is 2. The predicted octanol–water partition coefficient (Wildman–Crippen LogP) is 6.40. The van der Waals surface area contributed by atoms with E-state index in [0.717, 1.165) is 52.4 Å². The van der Waals surface area contributed by atoms with E-state index in [1.807, 2.05) is 12.1 Å². The molecule has 4 heterocycles. The van der Waals surface area contributed by atoms with Crippen LogP contribution in [0.1, 0.15) is 69.4 Å². The fourth-order valence-electron chi connectivity index (χ4n) is 7.81. The quantitative estimate of drug-likeness (QED) is 0.354. The Labute approximate surface area is 234 Å². The zero-order chi connectivity index (χ0) is 27.3. The van der Waals surface area contributed by atoms with Crippen LogP contribution in [0.15, 0.2) is 30.3 Å². The van der Waals surface area contributed by atoms with Gasteiger partial charge < -0.3 is 18.9 Å². The maximum atomic E-state index is 5.55. The second kappa shape index (κ2) is 10.8. The number of imidazole rings is 1. The molecule has 6 rings (SSSR count). The molecule has 3 fully saturated rings. The van der Waals surface area contributed by atoms with Crippen molar-refractivity contribution in [1.82, 2.24) is 19.4 Å². The number of aromatic nitrogens is 2. The number of rotatable bonds is 7. The van der Waals surface area contributed by atoms with Crippen molar-refractivity contribution in [3.05, 3.63) is 41.5 Å². The first-order valence-corrected chi connectivity index (χ1v) is 15.1. The molecule has 0 amide bonds. The number of hydrogen-bond donors (Lipinski definition) is 0. The summed E-state index contributed by atoms with van der Waals surface area (Å²) < 4.78 is 13.2. The van der Waals surface area contributed by atoms with Gasteiger partial charge in [0.1, 0.15) is 5.82 Å². The minimum atomic E-state index is 0.626. The number of fused-ring (bicyclic) bond motifs is 3. The fourth-order valence-corrected chi connectivity index (χ4v) is 7.81. The Morgan fingerprint density at radius 3 is 2.23 bits per heavy atom. The lowest BCUT2D eigenvalue weighted by Gasteiger charge is -2.46. The molecule has 1 aromatic heterocycles. The Hall–Kier alpha value is -2.57. The van der Waals surface area contributed by atoms with Gasteiger partial charge in [0.2, 0.25) is 0 Å². The standard InChI is InChI=1S/C33H46N4O2/c1-21(2)20-37-26-8-9-27(37)19-28(18-26)36-13-11-23(12-14-36)25-15-22(3)32-29(16-25)35(4)33(34-32)24-7-10-30(38-5)31(17-24)39-6/h7,10,15-17,21,23,26-28H,8-9,11-14,18-20H2,1-6H3. The minimum Gasteiger partial charge on any atom is -0.493 e. The van der Waals surface area contributed by atoms with Crippen molar-refractivity contribution in [3.63, 3.8) is 0 Å². The van der Waals surface area contributed by atoms with Gasteiger partial charge in [-0.3, -0.25) is 4.90 Å². The molecule has 0 spiro atoms. The molecule has 6 heteroatoms. The Kier molecular flexibility index (Phi) is 7.36. The van der Waals surface area contributed by atoms with Gasteiger partial charge in [0.05, 0.1) is 25.3 Å². The molecule has 39 heavy (non-hydrogen) atoms. The van der Waals surface area contributed by atoms with Crippen molar-refractivity contribution >= 4 is 11.0 Å². The molecule has 0 N–H and O–H groups in total. The van der Waals surface area contributed by atoms with Gasteiger partial charge in [-0.15, -0.1) is 0 Å². The molecular weight excluding hydrogens is 484 g/mol. The lowest BCUT2D eigenvalue weighted by molar-refractivity contribution is 0.0403. The molecule has 3 aliphatic heterocycles. The van der Waals surface area contributed by atoms with Gasteiger partial charge >= 0.3 is 0 Å². The zero-order valence-corrected chi connectivity index (χ0v) is 24.7. The van der Waals surface area contributed by atoms with Gasteiger partial charge in [0.15, 0.2) is 11.5 Å². The van der Waals surface area contributed by atoms with Gasteiger partial charge in [0, 0.05) is 37.3 Å². The predicted molar refractivity (Wildman–Crippen MR) is 159 cm³/mol. The summed E-state index contributed by atoms with van der Waals surface area (Å²) in [6.45, 7) is 10.7. The van der Waals surface area contributed by atoms with Crippen molar-refractivity contribution in [2.75, 3.05) is 33.9 Å². The summed E-state index contributed by atoms with van der Waals surface area (Å²) in [5.41, 5.74) is 6.09. The fraction of sp³-hybridized carbons (Fsp3) is 0.606. The van der Waals surface area contributed by atoms with Crippen LogP contribution in [0, 0.1) is 12.8 Å². The summed E-state index contributed by atoms with van der Waals surface area (Å²) in [4.78, 5) is 10.8. The number of nitrogens with zero attached hydrogens (tertiary/aromatic N) is 4. The molecule has 2 unspecified atom stereocenters. The minimum absolute atomic E-state index is 0.626. The van der Waals surface area contributed by atoms with Crippen LogP contribution in [0.2, 0.25) is 0 Å². The van der Waals surface area contributed by atoms with E-state index in [1.165, 1.54) is 74.8 Å². The van der Waals surface area contributed by atoms with Crippen molar-refractivity contribution < 1.29 is 9.47 Å². The molecule has 210 valence electrons. The van der Waals surface area contributed by atoms with E-state index in [2.05, 4.69) is 60.4 Å². The summed E-state index contributed by atoms with van der Waals surface area (Å²) in [5.74, 6) is 3.82. The van der Waals surface area contributed by atoms with E-state index in [1.54, 1.807) is 14.2 Å². The lowest BCUT2D eigenvalue weighted by atomic mass is 9.86. The maximum Gasteiger partial charge on any atom is 0.161 e. The van der Waals surface area contributed by atoms with Crippen LogP contribution < -0.4 is 9.47 Å². The zero-order valence-electron chi connectivity index (χ0n) is 24.7.